The van der Waals surface area contributed by atoms with Gasteiger partial charge in [0.2, 0.25) is 5.88 Å². The number of nitrogens with zero attached hydrogens (tertiary/aromatic N) is 1. The van der Waals surface area contributed by atoms with Crippen LogP contribution in [-0.4, -0.2) is 11.6 Å². The normalized spacial score (nSPS) is 10.4. The zero-order valence-electron chi connectivity index (χ0n) is 8.94. The molecule has 0 fully saturated rings. The Bertz CT molecular complexity index is 456. The van der Waals surface area contributed by atoms with Gasteiger partial charge in [0.1, 0.15) is 0 Å². The summed E-state index contributed by atoms with van der Waals surface area (Å²) in [5.74, 6) is 0.677. The molecule has 0 aromatic carbocycles. The van der Waals surface area contributed by atoms with E-state index in [-0.39, 0.29) is 0 Å². The minimum Gasteiger partial charge on any atom is -0.476 e. The molecular weight excluding hydrogens is 286 g/mol. The van der Waals surface area contributed by atoms with Crippen LogP contribution in [0.2, 0.25) is 0 Å². The van der Waals surface area contributed by atoms with Crippen LogP contribution in [0.5, 0.6) is 5.88 Å². The first-order valence-corrected chi connectivity index (χ1v) is 6.71. The second-order valence-corrected chi connectivity index (χ2v) is 5.25. The molecule has 2 aromatic heterocycles. The lowest BCUT2D eigenvalue weighted by molar-refractivity contribution is 0.308. The van der Waals surface area contributed by atoms with E-state index < -0.39 is 0 Å². The molecule has 0 aliphatic carbocycles. The van der Waals surface area contributed by atoms with Crippen molar-refractivity contribution in [2.75, 3.05) is 6.61 Å². The fourth-order valence-corrected chi connectivity index (χ4v) is 2.36. The van der Waals surface area contributed by atoms with Gasteiger partial charge >= 0.3 is 0 Å². The Hall–Kier alpha value is -0.870. The summed E-state index contributed by atoms with van der Waals surface area (Å²) in [4.78, 5) is 5.53. The lowest BCUT2D eigenvalue weighted by atomic mass is 10.3. The van der Waals surface area contributed by atoms with Crippen molar-refractivity contribution in [2.24, 2.45) is 0 Å². The number of aryl methyl sites for hydroxylation is 1. The molecule has 0 spiro atoms. The van der Waals surface area contributed by atoms with Crippen molar-refractivity contribution in [2.45, 2.75) is 13.3 Å². The van der Waals surface area contributed by atoms with E-state index in [2.05, 4.69) is 38.4 Å². The first-order valence-electron chi connectivity index (χ1n) is 5.03. The minimum atomic E-state index is 0.662. The Balaban J connectivity index is 1.92. The second kappa shape index (κ2) is 5.46. The molecule has 2 heterocycles. The highest BCUT2D eigenvalue weighted by atomic mass is 79.9. The zero-order chi connectivity index (χ0) is 11.4. The zero-order valence-corrected chi connectivity index (χ0v) is 11.3. The van der Waals surface area contributed by atoms with E-state index in [0.717, 1.165) is 16.5 Å². The van der Waals surface area contributed by atoms with Gasteiger partial charge in [-0.25, -0.2) is 4.98 Å². The van der Waals surface area contributed by atoms with Gasteiger partial charge in [-0.1, -0.05) is 6.07 Å². The number of thiophene rings is 1. The lowest BCUT2D eigenvalue weighted by Gasteiger charge is -2.07. The molecule has 0 unspecified atom stereocenters. The van der Waals surface area contributed by atoms with Gasteiger partial charge in [0.25, 0.3) is 0 Å². The molecule has 0 saturated carbocycles. The molecular formula is C12H12BrNOS. The maximum Gasteiger partial charge on any atom is 0.228 e. The van der Waals surface area contributed by atoms with Crippen LogP contribution in [0.25, 0.3) is 0 Å². The third kappa shape index (κ3) is 2.83. The van der Waals surface area contributed by atoms with E-state index in [4.69, 9.17) is 4.74 Å². The summed E-state index contributed by atoms with van der Waals surface area (Å²) < 4.78 is 6.59. The molecule has 0 aliphatic heterocycles. The predicted octanol–water partition coefficient (Wildman–Crippen LogP) is 3.84. The summed E-state index contributed by atoms with van der Waals surface area (Å²) in [7, 11) is 0. The van der Waals surface area contributed by atoms with Crippen molar-refractivity contribution in [1.82, 2.24) is 4.98 Å². The van der Waals surface area contributed by atoms with Gasteiger partial charge in [-0.15, -0.1) is 11.3 Å². The van der Waals surface area contributed by atoms with Gasteiger partial charge < -0.3 is 4.74 Å². The fourth-order valence-electron chi connectivity index (χ4n) is 1.32. The van der Waals surface area contributed by atoms with E-state index in [1.807, 2.05) is 13.0 Å². The Morgan fingerprint density at radius 3 is 3.06 bits per heavy atom. The van der Waals surface area contributed by atoms with Gasteiger partial charge in [-0.3, -0.25) is 0 Å². The third-order valence-electron chi connectivity index (χ3n) is 2.22. The average molecular weight is 298 g/mol. The van der Waals surface area contributed by atoms with Crippen LogP contribution in [0.3, 0.4) is 0 Å². The van der Waals surface area contributed by atoms with E-state index in [1.54, 1.807) is 17.5 Å². The van der Waals surface area contributed by atoms with Crippen molar-refractivity contribution in [1.29, 1.82) is 0 Å². The Kier molecular flexibility index (Phi) is 3.96. The molecule has 0 aliphatic rings. The molecule has 0 N–H and O–H groups in total. The average Bonchev–Trinajstić information content (AvgIpc) is 2.77. The van der Waals surface area contributed by atoms with Crippen LogP contribution in [0.4, 0.5) is 0 Å². The quantitative estimate of drug-likeness (QED) is 0.855. The van der Waals surface area contributed by atoms with Crippen molar-refractivity contribution < 1.29 is 4.74 Å². The topological polar surface area (TPSA) is 22.1 Å². The Labute approximate surface area is 107 Å². The van der Waals surface area contributed by atoms with Crippen molar-refractivity contribution in [3.05, 3.63) is 44.7 Å². The molecule has 2 nitrogen and oxygen atoms in total. The molecule has 2 aromatic rings. The smallest absolute Gasteiger partial charge is 0.228 e. The number of hydrogen-bond acceptors (Lipinski definition) is 3. The molecule has 4 heteroatoms. The highest BCUT2D eigenvalue weighted by Gasteiger charge is 2.04. The maximum absolute atomic E-state index is 5.64. The number of halogens is 1. The van der Waals surface area contributed by atoms with Crippen LogP contribution < -0.4 is 4.74 Å². The molecule has 0 saturated heterocycles. The number of ether oxygens (including phenoxy) is 1. The van der Waals surface area contributed by atoms with E-state index in [9.17, 15) is 0 Å². The first kappa shape index (κ1) is 11.6. The van der Waals surface area contributed by atoms with Crippen molar-refractivity contribution in [3.63, 3.8) is 0 Å². The van der Waals surface area contributed by atoms with Crippen LogP contribution in [-0.2, 0) is 6.42 Å². The van der Waals surface area contributed by atoms with Crippen LogP contribution >= 0.6 is 27.3 Å². The number of hydrogen-bond donors (Lipinski definition) is 0. The summed E-state index contributed by atoms with van der Waals surface area (Å²) >= 11 is 5.23. The summed E-state index contributed by atoms with van der Waals surface area (Å²) in [6.45, 7) is 2.69. The monoisotopic (exact) mass is 297 g/mol. The van der Waals surface area contributed by atoms with Gasteiger partial charge in [-0.2, -0.15) is 0 Å². The number of rotatable bonds is 4. The van der Waals surface area contributed by atoms with Crippen LogP contribution in [0.1, 0.15) is 10.4 Å². The van der Waals surface area contributed by atoms with Gasteiger partial charge in [0.05, 0.1) is 11.1 Å². The van der Waals surface area contributed by atoms with E-state index in [1.165, 1.54) is 4.88 Å². The highest BCUT2D eigenvalue weighted by Crippen LogP contribution is 2.25. The summed E-state index contributed by atoms with van der Waals surface area (Å²) in [5.41, 5.74) is 1.14. The lowest BCUT2D eigenvalue weighted by Crippen LogP contribution is -2.02. The van der Waals surface area contributed by atoms with Crippen molar-refractivity contribution >= 4 is 27.3 Å². The SMILES string of the molecule is Cc1ccnc(OCCc2cccs2)c1Br. The molecule has 0 radical (unpaired) electrons. The third-order valence-corrected chi connectivity index (χ3v) is 4.12. The predicted molar refractivity (Wildman–Crippen MR) is 70.2 cm³/mol. The van der Waals surface area contributed by atoms with Gasteiger partial charge in [0, 0.05) is 17.5 Å². The summed E-state index contributed by atoms with van der Waals surface area (Å²) in [6, 6.07) is 6.13. The van der Waals surface area contributed by atoms with E-state index in [0.29, 0.717) is 12.5 Å². The van der Waals surface area contributed by atoms with Crippen molar-refractivity contribution in [3.8, 4) is 5.88 Å². The Morgan fingerprint density at radius 1 is 1.44 bits per heavy atom. The first-order chi connectivity index (χ1) is 7.77. The Morgan fingerprint density at radius 2 is 2.31 bits per heavy atom. The molecule has 16 heavy (non-hydrogen) atoms. The summed E-state index contributed by atoms with van der Waals surface area (Å²) in [5, 5.41) is 2.08. The molecule has 2 rings (SSSR count). The molecule has 0 atom stereocenters. The standard InChI is InChI=1S/C12H12BrNOS/c1-9-4-6-14-12(11(9)13)15-7-5-10-3-2-8-16-10/h2-4,6,8H,5,7H2,1H3. The van der Waals surface area contributed by atoms with Crippen LogP contribution in [0.15, 0.2) is 34.2 Å². The largest absolute Gasteiger partial charge is 0.476 e. The minimum absolute atomic E-state index is 0.662. The number of aromatic nitrogens is 1. The van der Waals surface area contributed by atoms with Gasteiger partial charge in [-0.05, 0) is 45.9 Å². The van der Waals surface area contributed by atoms with Gasteiger partial charge in [0.15, 0.2) is 0 Å². The molecule has 84 valence electrons. The molecule has 0 amide bonds. The second-order valence-electron chi connectivity index (χ2n) is 3.42. The molecule has 0 bridgehead atoms. The summed E-state index contributed by atoms with van der Waals surface area (Å²) in [6.07, 6.45) is 2.69. The fraction of sp³-hybridized carbons (Fsp3) is 0.250. The highest BCUT2D eigenvalue weighted by molar-refractivity contribution is 9.10. The maximum atomic E-state index is 5.64. The van der Waals surface area contributed by atoms with E-state index >= 15 is 0 Å². The number of pyridine rings is 1. The van der Waals surface area contributed by atoms with Crippen LogP contribution in [0, 0.1) is 6.92 Å².